The lowest BCUT2D eigenvalue weighted by molar-refractivity contribution is -0.673. The highest BCUT2D eigenvalue weighted by molar-refractivity contribution is 7.91. The molecule has 2 rings (SSSR count). The zero-order chi connectivity index (χ0) is 13.2. The first-order valence-corrected chi connectivity index (χ1v) is 7.29. The Kier molecular flexibility index (Phi) is 3.48. The highest BCUT2D eigenvalue weighted by Gasteiger charge is 2.24. The Bertz CT molecular complexity index is 667. The van der Waals surface area contributed by atoms with Gasteiger partial charge in [-0.2, -0.15) is 8.15 Å². The zero-order valence-electron chi connectivity index (χ0n) is 10.9. The lowest BCUT2D eigenvalue weighted by atomic mass is 10.4. The van der Waals surface area contributed by atoms with Gasteiger partial charge in [0, 0.05) is 6.07 Å². The predicted molar refractivity (Wildman–Crippen MR) is 70.8 cm³/mol. The van der Waals surface area contributed by atoms with Crippen molar-refractivity contribution in [2.24, 2.45) is 7.05 Å². The number of rotatable bonds is 2. The van der Waals surface area contributed by atoms with Gasteiger partial charge in [0.05, 0.1) is 4.90 Å². The highest BCUT2D eigenvalue weighted by atomic mass is 32.2. The summed E-state index contributed by atoms with van der Waals surface area (Å²) in [5, 5.41) is 0. The maximum Gasteiger partial charge on any atom is 0.216 e. The van der Waals surface area contributed by atoms with Gasteiger partial charge in [-0.25, -0.2) is 4.57 Å². The third kappa shape index (κ3) is 2.16. The van der Waals surface area contributed by atoms with E-state index in [2.05, 4.69) is 0 Å². The van der Waals surface area contributed by atoms with E-state index < -0.39 is 9.73 Å². The predicted octanol–water partition coefficient (Wildman–Crippen LogP) is 1.67. The lowest BCUT2D eigenvalue weighted by Crippen LogP contribution is -2.28. The van der Waals surface area contributed by atoms with Crippen LogP contribution in [0.1, 0.15) is 0 Å². The van der Waals surface area contributed by atoms with Crippen LogP contribution in [0.25, 0.3) is 0 Å². The summed E-state index contributed by atoms with van der Waals surface area (Å²) in [5.74, 6) is 0. The van der Waals surface area contributed by atoms with Crippen molar-refractivity contribution in [2.75, 3.05) is 14.1 Å². The van der Waals surface area contributed by atoms with E-state index in [1.54, 1.807) is 3.95 Å². The number of nitrogens with zero attached hydrogens (tertiary/aromatic N) is 2. The first-order chi connectivity index (χ1) is 8.55. The van der Waals surface area contributed by atoms with Crippen LogP contribution >= 0.6 is 0 Å². The first-order valence-electron chi connectivity index (χ1n) is 5.77. The fourth-order valence-electron chi connectivity index (χ4n) is 1.89. The third-order valence-electron chi connectivity index (χ3n) is 2.81. The van der Waals surface area contributed by atoms with Crippen molar-refractivity contribution in [2.45, 2.75) is 9.79 Å². The zero-order valence-corrected chi connectivity index (χ0v) is 11.7. The molecule has 0 saturated heterocycles. The SMILES string of the molecule is C[N+](C)=S(=O)(c1ccccc1)c1ccc[n+](C)c1. The van der Waals surface area contributed by atoms with Gasteiger partial charge >= 0.3 is 0 Å². The van der Waals surface area contributed by atoms with Gasteiger partial charge in [-0.15, -0.1) is 0 Å². The smallest absolute Gasteiger partial charge is 0.206 e. The minimum absolute atomic E-state index is 0.823. The van der Waals surface area contributed by atoms with Gasteiger partial charge in [0.25, 0.3) is 0 Å². The average molecular weight is 262 g/mol. The standard InChI is InChI=1S/C14H18N2OS/c1-15(2)18(17,13-8-5-4-6-9-13)14-10-7-11-16(3)12-14/h4-12H,1-3H3/q+2. The molecule has 0 aliphatic heterocycles. The van der Waals surface area contributed by atoms with Crippen LogP contribution in [0.15, 0.2) is 64.6 Å². The van der Waals surface area contributed by atoms with Crippen molar-refractivity contribution >= 4 is 9.73 Å². The number of pyridine rings is 1. The number of hydrogen-bond donors (Lipinski definition) is 0. The van der Waals surface area contributed by atoms with Crippen LogP contribution in [0.3, 0.4) is 0 Å². The molecule has 4 heteroatoms. The Morgan fingerprint density at radius 2 is 1.61 bits per heavy atom. The van der Waals surface area contributed by atoms with E-state index in [4.69, 9.17) is 0 Å². The second-order valence-electron chi connectivity index (χ2n) is 4.36. The monoisotopic (exact) mass is 262 g/mol. The summed E-state index contributed by atoms with van der Waals surface area (Å²) in [7, 11) is 3.26. The van der Waals surface area contributed by atoms with Gasteiger partial charge in [0.2, 0.25) is 9.73 Å². The number of hydrogen-bond acceptors (Lipinski definition) is 1. The van der Waals surface area contributed by atoms with Gasteiger partial charge in [0.1, 0.15) is 21.1 Å². The summed E-state index contributed by atoms with van der Waals surface area (Å²) in [6, 6.07) is 13.4. The Balaban J connectivity index is 2.77. The summed E-state index contributed by atoms with van der Waals surface area (Å²) in [5.41, 5.74) is 0. The molecule has 1 heterocycles. The molecule has 0 fully saturated rings. The van der Waals surface area contributed by atoms with Gasteiger partial charge in [-0.1, -0.05) is 18.2 Å². The summed E-state index contributed by atoms with van der Waals surface area (Å²) >= 11 is 0. The van der Waals surface area contributed by atoms with Gasteiger partial charge in [-0.3, -0.25) is 0 Å². The Morgan fingerprint density at radius 1 is 1.00 bits per heavy atom. The molecule has 94 valence electrons. The normalized spacial score (nSPS) is 13.9. The molecule has 0 aliphatic carbocycles. The van der Waals surface area contributed by atoms with E-state index in [-0.39, 0.29) is 0 Å². The summed E-state index contributed by atoms with van der Waals surface area (Å²) in [6.45, 7) is 0. The second-order valence-corrected chi connectivity index (χ2v) is 7.08. The molecule has 0 aliphatic rings. The number of aryl methyl sites for hydroxylation is 1. The summed E-state index contributed by atoms with van der Waals surface area (Å²) in [6.07, 6.45) is 3.85. The van der Waals surface area contributed by atoms with Gasteiger partial charge in [0.15, 0.2) is 17.3 Å². The number of benzene rings is 1. The van der Waals surface area contributed by atoms with Crippen molar-refractivity contribution in [1.82, 2.24) is 0 Å². The molecule has 0 bridgehead atoms. The van der Waals surface area contributed by atoms with Crippen molar-refractivity contribution in [1.29, 1.82) is 0 Å². The molecule has 0 radical (unpaired) electrons. The molecule has 18 heavy (non-hydrogen) atoms. The molecule has 1 aromatic carbocycles. The second kappa shape index (κ2) is 4.90. The summed E-state index contributed by atoms with van der Waals surface area (Å²) in [4.78, 5) is 1.66. The van der Waals surface area contributed by atoms with Crippen molar-refractivity contribution < 1.29 is 12.7 Å². The average Bonchev–Trinajstić information content (AvgIpc) is 2.38. The van der Waals surface area contributed by atoms with E-state index in [0.717, 1.165) is 9.79 Å². The van der Waals surface area contributed by atoms with Crippen LogP contribution < -0.4 is 4.57 Å². The van der Waals surface area contributed by atoms with E-state index in [1.165, 1.54) is 0 Å². The fourth-order valence-corrected chi connectivity index (χ4v) is 4.10. The quantitative estimate of drug-likeness (QED) is 0.755. The first kappa shape index (κ1) is 12.8. The van der Waals surface area contributed by atoms with Crippen LogP contribution in [0.5, 0.6) is 0 Å². The van der Waals surface area contributed by atoms with E-state index in [0.29, 0.717) is 0 Å². The van der Waals surface area contributed by atoms with Crippen LogP contribution in [0.2, 0.25) is 0 Å². The van der Waals surface area contributed by atoms with Gasteiger partial charge in [-0.05, 0) is 18.2 Å². The molecule has 0 spiro atoms. The van der Waals surface area contributed by atoms with Crippen LogP contribution in [0, 0.1) is 0 Å². The van der Waals surface area contributed by atoms with Gasteiger partial charge < -0.3 is 0 Å². The van der Waals surface area contributed by atoms with Crippen LogP contribution in [-0.2, 0) is 16.8 Å². The molecule has 2 aromatic rings. The summed E-state index contributed by atoms with van der Waals surface area (Å²) < 4.78 is 17.1. The minimum Gasteiger partial charge on any atom is -0.206 e. The molecule has 1 atom stereocenters. The molecular weight excluding hydrogens is 244 g/mol. The molecule has 3 nitrogen and oxygen atoms in total. The van der Waals surface area contributed by atoms with E-state index in [9.17, 15) is 4.21 Å². The Labute approximate surface area is 109 Å². The van der Waals surface area contributed by atoms with Crippen molar-refractivity contribution in [3.8, 4) is 0 Å². The van der Waals surface area contributed by atoms with Crippen LogP contribution in [0.4, 0.5) is 0 Å². The molecular formula is C14H18N2OS+2. The minimum atomic E-state index is -2.37. The number of aromatic nitrogens is 1. The fraction of sp³-hybridized carbons (Fsp3) is 0.214. The largest absolute Gasteiger partial charge is 0.216 e. The molecule has 0 N–H and O–H groups in total. The Hall–Kier alpha value is -1.68. The maximum absolute atomic E-state index is 13.4. The maximum atomic E-state index is 13.4. The molecule has 1 unspecified atom stereocenters. The topological polar surface area (TPSA) is 24.0 Å². The van der Waals surface area contributed by atoms with Crippen LogP contribution in [-0.4, -0.2) is 22.3 Å². The third-order valence-corrected chi connectivity index (χ3v) is 5.63. The lowest BCUT2D eigenvalue weighted by Gasteiger charge is -2.07. The van der Waals surface area contributed by atoms with Crippen molar-refractivity contribution in [3.63, 3.8) is 0 Å². The van der Waals surface area contributed by atoms with Crippen molar-refractivity contribution in [3.05, 3.63) is 54.9 Å². The Morgan fingerprint density at radius 3 is 2.17 bits per heavy atom. The van der Waals surface area contributed by atoms with E-state index in [1.807, 2.05) is 80.6 Å². The molecule has 0 amide bonds. The highest BCUT2D eigenvalue weighted by Crippen LogP contribution is 2.20. The molecule has 1 aromatic heterocycles. The van der Waals surface area contributed by atoms with E-state index >= 15 is 0 Å². The molecule has 0 saturated carbocycles.